The normalized spacial score (nSPS) is 10.1. The second kappa shape index (κ2) is 5.37. The quantitative estimate of drug-likeness (QED) is 0.799. The second-order valence-corrected chi connectivity index (χ2v) is 4.73. The average Bonchev–Trinajstić information content (AvgIpc) is 2.27. The Bertz CT molecular complexity index is 450. The number of benzene rings is 2. The Morgan fingerprint density at radius 1 is 1.06 bits per heavy atom. The van der Waals surface area contributed by atoms with E-state index in [1.165, 1.54) is 0 Å². The molecular formula is C13H10BrClO. The van der Waals surface area contributed by atoms with Crippen molar-refractivity contribution in [1.29, 1.82) is 0 Å². The molecule has 0 heterocycles. The van der Waals surface area contributed by atoms with Gasteiger partial charge in [-0.05, 0) is 35.9 Å². The first kappa shape index (κ1) is 11.5. The lowest BCUT2D eigenvalue weighted by atomic mass is 10.2. The highest BCUT2D eigenvalue weighted by atomic mass is 79.9. The Labute approximate surface area is 108 Å². The molecule has 1 nitrogen and oxygen atoms in total. The van der Waals surface area contributed by atoms with Gasteiger partial charge in [0.25, 0.3) is 0 Å². The zero-order valence-corrected chi connectivity index (χ0v) is 10.8. The number of ether oxygens (including phenoxy) is 1. The maximum atomic E-state index is 5.95. The number of para-hydroxylation sites is 1. The molecule has 0 saturated heterocycles. The Hall–Kier alpha value is -0.990. The first-order valence-electron chi connectivity index (χ1n) is 4.87. The minimum atomic E-state index is 0.517. The van der Waals surface area contributed by atoms with E-state index in [2.05, 4.69) is 15.9 Å². The zero-order chi connectivity index (χ0) is 11.4. The Morgan fingerprint density at radius 3 is 2.50 bits per heavy atom. The SMILES string of the molecule is Clc1cc(Br)cc(COc2ccccc2)c1. The molecule has 0 radical (unpaired) electrons. The second-order valence-electron chi connectivity index (χ2n) is 3.38. The summed E-state index contributed by atoms with van der Waals surface area (Å²) < 4.78 is 6.59. The highest BCUT2D eigenvalue weighted by Gasteiger charge is 1.99. The van der Waals surface area contributed by atoms with Gasteiger partial charge in [-0.15, -0.1) is 0 Å². The maximum Gasteiger partial charge on any atom is 0.119 e. The summed E-state index contributed by atoms with van der Waals surface area (Å²) in [5.41, 5.74) is 1.04. The molecule has 0 unspecified atom stereocenters. The minimum Gasteiger partial charge on any atom is -0.489 e. The molecule has 0 atom stereocenters. The molecule has 0 aromatic heterocycles. The van der Waals surface area contributed by atoms with Crippen LogP contribution < -0.4 is 4.74 Å². The molecular weight excluding hydrogens is 287 g/mol. The summed E-state index contributed by atoms with van der Waals surface area (Å²) in [6.07, 6.45) is 0. The molecule has 0 bridgehead atoms. The van der Waals surface area contributed by atoms with Crippen LogP contribution in [0.25, 0.3) is 0 Å². The van der Waals surface area contributed by atoms with E-state index < -0.39 is 0 Å². The van der Waals surface area contributed by atoms with E-state index in [-0.39, 0.29) is 0 Å². The van der Waals surface area contributed by atoms with Gasteiger partial charge in [0, 0.05) is 9.50 Å². The van der Waals surface area contributed by atoms with Gasteiger partial charge in [0.1, 0.15) is 12.4 Å². The number of halogens is 2. The smallest absolute Gasteiger partial charge is 0.119 e. The molecule has 2 aromatic rings. The van der Waals surface area contributed by atoms with Gasteiger partial charge in [-0.2, -0.15) is 0 Å². The van der Waals surface area contributed by atoms with Crippen molar-refractivity contribution in [2.24, 2.45) is 0 Å². The van der Waals surface area contributed by atoms with Gasteiger partial charge >= 0.3 is 0 Å². The highest BCUT2D eigenvalue weighted by Crippen LogP contribution is 2.20. The zero-order valence-electron chi connectivity index (χ0n) is 8.49. The molecule has 2 rings (SSSR count). The van der Waals surface area contributed by atoms with Crippen LogP contribution in [0.3, 0.4) is 0 Å². The Morgan fingerprint density at radius 2 is 1.81 bits per heavy atom. The van der Waals surface area contributed by atoms with Crippen molar-refractivity contribution in [3.05, 3.63) is 63.6 Å². The molecule has 0 saturated carbocycles. The summed E-state index contributed by atoms with van der Waals surface area (Å²) >= 11 is 9.35. The maximum absolute atomic E-state index is 5.95. The molecule has 0 aliphatic heterocycles. The first-order chi connectivity index (χ1) is 7.74. The van der Waals surface area contributed by atoms with Crippen molar-refractivity contribution in [3.63, 3.8) is 0 Å². The van der Waals surface area contributed by atoms with Gasteiger partial charge in [0.15, 0.2) is 0 Å². The van der Waals surface area contributed by atoms with Gasteiger partial charge in [-0.1, -0.05) is 45.7 Å². The minimum absolute atomic E-state index is 0.517. The van der Waals surface area contributed by atoms with Crippen molar-refractivity contribution in [2.45, 2.75) is 6.61 Å². The molecule has 0 spiro atoms. The number of rotatable bonds is 3. The third-order valence-electron chi connectivity index (χ3n) is 2.07. The lowest BCUT2D eigenvalue weighted by molar-refractivity contribution is 0.306. The van der Waals surface area contributed by atoms with Gasteiger partial charge in [-0.25, -0.2) is 0 Å². The van der Waals surface area contributed by atoms with E-state index in [4.69, 9.17) is 16.3 Å². The van der Waals surface area contributed by atoms with Gasteiger partial charge in [-0.3, -0.25) is 0 Å². The summed E-state index contributed by atoms with van der Waals surface area (Å²) in [4.78, 5) is 0. The third-order valence-corrected chi connectivity index (χ3v) is 2.75. The van der Waals surface area contributed by atoms with Gasteiger partial charge < -0.3 is 4.74 Å². The van der Waals surface area contributed by atoms with Crippen molar-refractivity contribution < 1.29 is 4.74 Å². The van der Waals surface area contributed by atoms with E-state index >= 15 is 0 Å². The van der Waals surface area contributed by atoms with Gasteiger partial charge in [0.05, 0.1) is 0 Å². The molecule has 0 amide bonds. The van der Waals surface area contributed by atoms with Crippen LogP contribution in [0.1, 0.15) is 5.56 Å². The topological polar surface area (TPSA) is 9.23 Å². The standard InChI is InChI=1S/C13H10BrClO/c14-11-6-10(7-12(15)8-11)9-16-13-4-2-1-3-5-13/h1-8H,9H2. The van der Waals surface area contributed by atoms with Crippen LogP contribution in [-0.2, 0) is 6.61 Å². The van der Waals surface area contributed by atoms with Crippen molar-refractivity contribution in [1.82, 2.24) is 0 Å². The van der Waals surface area contributed by atoms with E-state index in [0.717, 1.165) is 15.8 Å². The van der Waals surface area contributed by atoms with Crippen LogP contribution >= 0.6 is 27.5 Å². The van der Waals surface area contributed by atoms with Crippen LogP contribution in [0.2, 0.25) is 5.02 Å². The fourth-order valence-corrected chi connectivity index (χ4v) is 2.31. The largest absolute Gasteiger partial charge is 0.489 e. The fraction of sp³-hybridized carbons (Fsp3) is 0.0769. The summed E-state index contributed by atoms with van der Waals surface area (Å²) in [6.45, 7) is 0.517. The predicted molar refractivity (Wildman–Crippen MR) is 69.9 cm³/mol. The third kappa shape index (κ3) is 3.26. The summed E-state index contributed by atoms with van der Waals surface area (Å²) in [7, 11) is 0. The molecule has 0 N–H and O–H groups in total. The molecule has 3 heteroatoms. The molecule has 0 aliphatic rings. The van der Waals surface area contributed by atoms with Crippen LogP contribution in [0.15, 0.2) is 53.0 Å². The van der Waals surface area contributed by atoms with Crippen LogP contribution in [0.5, 0.6) is 5.75 Å². The number of hydrogen-bond acceptors (Lipinski definition) is 1. The molecule has 82 valence electrons. The summed E-state index contributed by atoms with van der Waals surface area (Å²) in [5, 5.41) is 0.709. The van der Waals surface area contributed by atoms with Crippen molar-refractivity contribution in [3.8, 4) is 5.75 Å². The average molecular weight is 298 g/mol. The van der Waals surface area contributed by atoms with Gasteiger partial charge in [0.2, 0.25) is 0 Å². The molecule has 16 heavy (non-hydrogen) atoms. The van der Waals surface area contributed by atoms with Crippen LogP contribution in [-0.4, -0.2) is 0 Å². The van der Waals surface area contributed by atoms with E-state index in [1.807, 2.05) is 48.5 Å². The van der Waals surface area contributed by atoms with Crippen LogP contribution in [0, 0.1) is 0 Å². The molecule has 2 aromatic carbocycles. The fourth-order valence-electron chi connectivity index (χ4n) is 1.38. The van der Waals surface area contributed by atoms with Crippen LogP contribution in [0.4, 0.5) is 0 Å². The van der Waals surface area contributed by atoms with Crippen molar-refractivity contribution >= 4 is 27.5 Å². The predicted octanol–water partition coefficient (Wildman–Crippen LogP) is 4.68. The Balaban J connectivity index is 2.05. The summed E-state index contributed by atoms with van der Waals surface area (Å²) in [5.74, 6) is 0.860. The lowest BCUT2D eigenvalue weighted by Gasteiger charge is -2.06. The molecule has 0 fully saturated rings. The molecule has 0 aliphatic carbocycles. The highest BCUT2D eigenvalue weighted by molar-refractivity contribution is 9.10. The monoisotopic (exact) mass is 296 g/mol. The van der Waals surface area contributed by atoms with E-state index in [9.17, 15) is 0 Å². The van der Waals surface area contributed by atoms with Crippen molar-refractivity contribution in [2.75, 3.05) is 0 Å². The lowest BCUT2D eigenvalue weighted by Crippen LogP contribution is -1.95. The number of hydrogen-bond donors (Lipinski definition) is 0. The van der Waals surface area contributed by atoms with E-state index in [1.54, 1.807) is 0 Å². The Kier molecular flexibility index (Phi) is 3.86. The summed E-state index contributed by atoms with van der Waals surface area (Å²) in [6, 6.07) is 15.5. The van der Waals surface area contributed by atoms with E-state index in [0.29, 0.717) is 11.6 Å². The first-order valence-corrected chi connectivity index (χ1v) is 6.04.